The molecular formula is C13H18ClN3. The molecule has 1 saturated carbocycles. The molecule has 0 saturated heterocycles. The number of aliphatic imine (C=N–C) groups is 1. The van der Waals surface area contributed by atoms with Crippen LogP contribution in [0.3, 0.4) is 0 Å². The van der Waals surface area contributed by atoms with Crippen LogP contribution >= 0.6 is 11.6 Å². The Bertz CT molecular complexity index is 396. The van der Waals surface area contributed by atoms with Gasteiger partial charge < -0.3 is 10.6 Å². The van der Waals surface area contributed by atoms with Gasteiger partial charge in [0.05, 0.1) is 0 Å². The van der Waals surface area contributed by atoms with Crippen LogP contribution in [0.15, 0.2) is 29.3 Å². The summed E-state index contributed by atoms with van der Waals surface area (Å²) in [5.74, 6) is 0.654. The Kier molecular flexibility index (Phi) is 3.89. The summed E-state index contributed by atoms with van der Waals surface area (Å²) >= 11 is 5.83. The van der Waals surface area contributed by atoms with Crippen molar-refractivity contribution in [3.63, 3.8) is 0 Å². The average molecular weight is 252 g/mol. The molecule has 1 aliphatic rings. The van der Waals surface area contributed by atoms with Crippen molar-refractivity contribution < 1.29 is 0 Å². The number of hydrogen-bond acceptors (Lipinski definition) is 1. The number of nitrogens with two attached hydrogens (primary N) is 1. The first-order valence-electron chi connectivity index (χ1n) is 5.94. The third-order valence-corrected chi connectivity index (χ3v) is 3.30. The van der Waals surface area contributed by atoms with Gasteiger partial charge in [-0.25, -0.2) is 0 Å². The van der Waals surface area contributed by atoms with E-state index in [1.807, 2.05) is 31.3 Å². The van der Waals surface area contributed by atoms with Gasteiger partial charge in [0.1, 0.15) is 0 Å². The SMILES string of the molecule is CN(C(N)=NCCc1ccc(Cl)cc1)C1CC1. The van der Waals surface area contributed by atoms with E-state index in [4.69, 9.17) is 17.3 Å². The summed E-state index contributed by atoms with van der Waals surface area (Å²) < 4.78 is 0. The van der Waals surface area contributed by atoms with E-state index < -0.39 is 0 Å². The molecule has 0 aromatic heterocycles. The maximum absolute atomic E-state index is 5.90. The van der Waals surface area contributed by atoms with Crippen LogP contribution < -0.4 is 5.73 Å². The molecule has 2 rings (SSSR count). The lowest BCUT2D eigenvalue weighted by atomic mass is 10.1. The predicted octanol–water partition coefficient (Wildman–Crippen LogP) is 2.29. The Morgan fingerprint density at radius 1 is 1.41 bits per heavy atom. The van der Waals surface area contributed by atoms with Crippen LogP contribution in [0.25, 0.3) is 0 Å². The topological polar surface area (TPSA) is 41.6 Å². The molecule has 2 N–H and O–H groups in total. The van der Waals surface area contributed by atoms with E-state index in [2.05, 4.69) is 9.89 Å². The van der Waals surface area contributed by atoms with Crippen LogP contribution in [0.5, 0.6) is 0 Å². The zero-order chi connectivity index (χ0) is 12.3. The fourth-order valence-electron chi connectivity index (χ4n) is 1.71. The maximum atomic E-state index is 5.90. The molecule has 17 heavy (non-hydrogen) atoms. The molecule has 0 atom stereocenters. The second kappa shape index (κ2) is 5.41. The lowest BCUT2D eigenvalue weighted by molar-refractivity contribution is 0.487. The number of nitrogens with zero attached hydrogens (tertiary/aromatic N) is 2. The van der Waals surface area contributed by atoms with E-state index in [9.17, 15) is 0 Å². The van der Waals surface area contributed by atoms with Gasteiger partial charge >= 0.3 is 0 Å². The van der Waals surface area contributed by atoms with Crippen LogP contribution in [-0.2, 0) is 6.42 Å². The van der Waals surface area contributed by atoms with Crippen molar-refractivity contribution in [1.82, 2.24) is 4.90 Å². The summed E-state index contributed by atoms with van der Waals surface area (Å²) in [6, 6.07) is 8.48. The van der Waals surface area contributed by atoms with Gasteiger partial charge in [0.15, 0.2) is 5.96 Å². The summed E-state index contributed by atoms with van der Waals surface area (Å²) in [7, 11) is 2.01. The van der Waals surface area contributed by atoms with E-state index in [1.165, 1.54) is 18.4 Å². The summed E-state index contributed by atoms with van der Waals surface area (Å²) in [6.45, 7) is 0.727. The fourth-order valence-corrected chi connectivity index (χ4v) is 1.84. The molecule has 1 aromatic rings. The average Bonchev–Trinajstić information content (AvgIpc) is 3.14. The van der Waals surface area contributed by atoms with Crippen molar-refractivity contribution in [2.45, 2.75) is 25.3 Å². The molecule has 92 valence electrons. The number of halogens is 1. The Morgan fingerprint density at radius 2 is 2.06 bits per heavy atom. The van der Waals surface area contributed by atoms with E-state index in [1.54, 1.807) is 0 Å². The van der Waals surface area contributed by atoms with Crippen molar-refractivity contribution >= 4 is 17.6 Å². The van der Waals surface area contributed by atoms with Crippen LogP contribution in [0, 0.1) is 0 Å². The van der Waals surface area contributed by atoms with E-state index in [0.29, 0.717) is 12.0 Å². The van der Waals surface area contributed by atoms with Crippen LogP contribution in [0.4, 0.5) is 0 Å². The first kappa shape index (κ1) is 12.2. The van der Waals surface area contributed by atoms with Gasteiger partial charge in [-0.05, 0) is 37.0 Å². The summed E-state index contributed by atoms with van der Waals surface area (Å²) in [5.41, 5.74) is 7.14. The summed E-state index contributed by atoms with van der Waals surface area (Å²) in [6.07, 6.45) is 3.38. The van der Waals surface area contributed by atoms with Gasteiger partial charge in [0, 0.05) is 24.7 Å². The van der Waals surface area contributed by atoms with Gasteiger partial charge in [0.25, 0.3) is 0 Å². The monoisotopic (exact) mass is 251 g/mol. The predicted molar refractivity (Wildman–Crippen MR) is 72.4 cm³/mol. The van der Waals surface area contributed by atoms with E-state index in [-0.39, 0.29) is 0 Å². The van der Waals surface area contributed by atoms with Gasteiger partial charge in [-0.15, -0.1) is 0 Å². The quantitative estimate of drug-likeness (QED) is 0.659. The molecule has 0 amide bonds. The number of rotatable bonds is 4. The Hall–Kier alpha value is -1.22. The molecule has 0 unspecified atom stereocenters. The van der Waals surface area contributed by atoms with E-state index >= 15 is 0 Å². The molecule has 1 aliphatic carbocycles. The van der Waals surface area contributed by atoms with Gasteiger partial charge in [-0.2, -0.15) is 0 Å². The molecule has 0 heterocycles. The van der Waals surface area contributed by atoms with Crippen molar-refractivity contribution in [2.75, 3.05) is 13.6 Å². The highest BCUT2D eigenvalue weighted by molar-refractivity contribution is 6.30. The van der Waals surface area contributed by atoms with Crippen molar-refractivity contribution in [3.05, 3.63) is 34.9 Å². The first-order chi connectivity index (χ1) is 8.16. The summed E-state index contributed by atoms with van der Waals surface area (Å²) in [4.78, 5) is 6.46. The Labute approximate surface area is 107 Å². The molecular weight excluding hydrogens is 234 g/mol. The van der Waals surface area contributed by atoms with Crippen molar-refractivity contribution in [3.8, 4) is 0 Å². The number of hydrogen-bond donors (Lipinski definition) is 1. The molecule has 3 nitrogen and oxygen atoms in total. The van der Waals surface area contributed by atoms with Crippen molar-refractivity contribution in [1.29, 1.82) is 0 Å². The highest BCUT2D eigenvalue weighted by atomic mass is 35.5. The largest absolute Gasteiger partial charge is 0.370 e. The number of guanidine groups is 1. The summed E-state index contributed by atoms with van der Waals surface area (Å²) in [5, 5.41) is 0.769. The van der Waals surface area contributed by atoms with Gasteiger partial charge in [-0.1, -0.05) is 23.7 Å². The fraction of sp³-hybridized carbons (Fsp3) is 0.462. The van der Waals surface area contributed by atoms with E-state index in [0.717, 1.165) is 18.0 Å². The highest BCUT2D eigenvalue weighted by Gasteiger charge is 2.27. The van der Waals surface area contributed by atoms with Gasteiger partial charge in [0.2, 0.25) is 0 Å². The van der Waals surface area contributed by atoms with Crippen LogP contribution in [0.2, 0.25) is 5.02 Å². The third-order valence-electron chi connectivity index (χ3n) is 3.04. The lowest BCUT2D eigenvalue weighted by Gasteiger charge is -2.16. The molecule has 4 heteroatoms. The molecule has 0 bridgehead atoms. The van der Waals surface area contributed by atoms with Gasteiger partial charge in [-0.3, -0.25) is 4.99 Å². The molecule has 0 spiro atoms. The molecule has 0 radical (unpaired) electrons. The number of benzene rings is 1. The third kappa shape index (κ3) is 3.63. The second-order valence-electron chi connectivity index (χ2n) is 4.46. The zero-order valence-corrected chi connectivity index (χ0v) is 10.8. The Balaban J connectivity index is 1.81. The Morgan fingerprint density at radius 3 is 2.65 bits per heavy atom. The van der Waals surface area contributed by atoms with Crippen LogP contribution in [0.1, 0.15) is 18.4 Å². The zero-order valence-electron chi connectivity index (χ0n) is 10.1. The lowest BCUT2D eigenvalue weighted by Crippen LogP contribution is -2.35. The molecule has 1 aromatic carbocycles. The highest BCUT2D eigenvalue weighted by Crippen LogP contribution is 2.24. The minimum atomic E-state index is 0.620. The minimum Gasteiger partial charge on any atom is -0.370 e. The molecule has 0 aliphatic heterocycles. The maximum Gasteiger partial charge on any atom is 0.191 e. The normalized spacial score (nSPS) is 16.0. The second-order valence-corrected chi connectivity index (χ2v) is 4.89. The first-order valence-corrected chi connectivity index (χ1v) is 6.32. The molecule has 1 fully saturated rings. The van der Waals surface area contributed by atoms with Crippen LogP contribution in [-0.4, -0.2) is 30.5 Å². The minimum absolute atomic E-state index is 0.620. The standard InChI is InChI=1S/C13H18ClN3/c1-17(12-6-7-12)13(15)16-9-8-10-2-4-11(14)5-3-10/h2-5,12H,6-9H2,1H3,(H2,15,16). The van der Waals surface area contributed by atoms with Crippen molar-refractivity contribution in [2.24, 2.45) is 10.7 Å². The smallest absolute Gasteiger partial charge is 0.191 e.